The van der Waals surface area contributed by atoms with Gasteiger partial charge < -0.3 is 25.7 Å². The van der Waals surface area contributed by atoms with E-state index in [0.717, 1.165) is 75.0 Å². The van der Waals surface area contributed by atoms with E-state index in [4.69, 9.17) is 25.7 Å². The number of aromatic nitrogens is 2. The maximum Gasteiger partial charge on any atom is 0.329 e. The van der Waals surface area contributed by atoms with E-state index in [9.17, 15) is 19.2 Å². The largest absolute Gasteiger partial charge is 0.381 e. The third kappa shape index (κ3) is 13.0. The Labute approximate surface area is 307 Å². The lowest BCUT2D eigenvalue weighted by Gasteiger charge is -2.21. The fourth-order valence-corrected chi connectivity index (χ4v) is 6.57. The number of rotatable bonds is 25. The number of hydrogen-bond acceptors (Lipinski definition) is 8. The minimum atomic E-state index is -0.669. The molecule has 5 N–H and O–H groups in total. The Hall–Kier alpha value is -3.84. The first kappa shape index (κ1) is 40.9. The van der Waals surface area contributed by atoms with Gasteiger partial charge in [-0.15, -0.1) is 0 Å². The van der Waals surface area contributed by atoms with E-state index >= 15 is 0 Å². The number of unbranched alkanes of at least 4 members (excludes halogenated alkanes) is 5. The smallest absolute Gasteiger partial charge is 0.329 e. The standard InChI is InChI=1S/C40H59N5O7/c1-29(33(41)18-21-37(42)46)52-28-32-15-13-30(14-16-32)11-9-25-50-23-7-5-3-4-6-8-24-51-26-10-12-31-17-19-34-36(27-31)44(2)40(49)45(34)35-20-22-38(47)43-39(35)48/h13-17,19,27,29,33,35H,3-12,18,20-26,28,41H2,1-2H3,(H2,42,46)(H,43,47,48)/t29-,33+,35?/m1/s1. The molecule has 1 aromatic heterocycles. The minimum Gasteiger partial charge on any atom is -0.381 e. The van der Waals surface area contributed by atoms with Crippen LogP contribution in [0.1, 0.15) is 107 Å². The van der Waals surface area contributed by atoms with Gasteiger partial charge in [-0.1, -0.05) is 56.0 Å². The van der Waals surface area contributed by atoms with E-state index in [-0.39, 0.29) is 42.5 Å². The Morgan fingerprint density at radius 2 is 1.40 bits per heavy atom. The quantitative estimate of drug-likeness (QED) is 0.0832. The molecule has 12 nitrogen and oxygen atoms in total. The number of imidazole rings is 1. The number of amides is 3. The van der Waals surface area contributed by atoms with Gasteiger partial charge >= 0.3 is 5.69 Å². The SMILES string of the molecule is C[C@@H](OCc1ccc(CCCOCCCCCCCCOCCCc2ccc3c(c2)n(C)c(=O)n3C2CCC(=O)NC2=O)cc1)[C@@H](N)CCC(N)=O. The molecule has 286 valence electrons. The minimum absolute atomic E-state index is 0.146. The number of imide groups is 1. The topological polar surface area (TPSA) is 170 Å². The first-order chi connectivity index (χ1) is 25.1. The van der Waals surface area contributed by atoms with Crippen molar-refractivity contribution in [3.8, 4) is 0 Å². The normalized spacial score (nSPS) is 15.9. The van der Waals surface area contributed by atoms with Gasteiger partial charge in [0.25, 0.3) is 0 Å². The highest BCUT2D eigenvalue weighted by molar-refractivity contribution is 6.00. The number of aryl methyl sites for hydroxylation is 3. The number of nitrogens with two attached hydrogens (primary N) is 2. The zero-order valence-electron chi connectivity index (χ0n) is 31.1. The van der Waals surface area contributed by atoms with Crippen molar-refractivity contribution in [1.82, 2.24) is 14.5 Å². The van der Waals surface area contributed by atoms with E-state index < -0.39 is 11.9 Å². The first-order valence-electron chi connectivity index (χ1n) is 19.1. The molecular weight excluding hydrogens is 662 g/mol. The molecule has 52 heavy (non-hydrogen) atoms. The number of piperidine rings is 1. The summed E-state index contributed by atoms with van der Waals surface area (Å²) in [5.74, 6) is -1.05. The van der Waals surface area contributed by atoms with Crippen LogP contribution in [-0.2, 0) is 55.1 Å². The summed E-state index contributed by atoms with van der Waals surface area (Å²) in [4.78, 5) is 47.9. The van der Waals surface area contributed by atoms with Crippen LogP contribution >= 0.6 is 0 Å². The van der Waals surface area contributed by atoms with Crippen LogP contribution in [-0.4, -0.2) is 65.4 Å². The summed E-state index contributed by atoms with van der Waals surface area (Å²) >= 11 is 0. The van der Waals surface area contributed by atoms with Gasteiger partial charge in [-0.05, 0) is 87.1 Å². The Bertz CT molecular complexity index is 1630. The van der Waals surface area contributed by atoms with E-state index in [0.29, 0.717) is 31.6 Å². The molecule has 1 saturated heterocycles. The molecule has 2 aromatic carbocycles. The highest BCUT2D eigenvalue weighted by Crippen LogP contribution is 2.24. The molecule has 1 unspecified atom stereocenters. The summed E-state index contributed by atoms with van der Waals surface area (Å²) in [5.41, 5.74) is 16.0. The van der Waals surface area contributed by atoms with Crippen molar-refractivity contribution < 1.29 is 28.6 Å². The van der Waals surface area contributed by atoms with Crippen molar-refractivity contribution in [3.05, 3.63) is 69.6 Å². The molecule has 3 amide bonds. The monoisotopic (exact) mass is 721 g/mol. The zero-order chi connectivity index (χ0) is 37.3. The number of carbonyl (C=O) groups excluding carboxylic acids is 3. The van der Waals surface area contributed by atoms with Crippen molar-refractivity contribution in [3.63, 3.8) is 0 Å². The van der Waals surface area contributed by atoms with Crippen LogP contribution in [0.2, 0.25) is 0 Å². The lowest BCUT2D eigenvalue weighted by atomic mass is 10.1. The average molecular weight is 722 g/mol. The molecule has 4 rings (SSSR count). The second kappa shape index (κ2) is 21.6. The van der Waals surface area contributed by atoms with Gasteiger partial charge in [-0.2, -0.15) is 0 Å². The molecule has 3 atom stereocenters. The molecule has 1 fully saturated rings. The Balaban J connectivity index is 0.959. The van der Waals surface area contributed by atoms with Gasteiger partial charge in [-0.3, -0.25) is 28.8 Å². The summed E-state index contributed by atoms with van der Waals surface area (Å²) in [6, 6.07) is 13.5. The van der Waals surface area contributed by atoms with Crippen LogP contribution in [0.3, 0.4) is 0 Å². The highest BCUT2D eigenvalue weighted by Gasteiger charge is 2.31. The van der Waals surface area contributed by atoms with E-state index in [1.165, 1.54) is 35.8 Å². The van der Waals surface area contributed by atoms with Crippen LogP contribution in [0.4, 0.5) is 0 Å². The maximum atomic E-state index is 13.0. The van der Waals surface area contributed by atoms with Crippen LogP contribution in [0, 0.1) is 0 Å². The lowest BCUT2D eigenvalue weighted by Crippen LogP contribution is -2.44. The summed E-state index contributed by atoms with van der Waals surface area (Å²) in [6.07, 6.45) is 11.9. The number of nitrogens with zero attached hydrogens (tertiary/aromatic N) is 2. The molecule has 2 heterocycles. The van der Waals surface area contributed by atoms with Gasteiger partial charge in [0.2, 0.25) is 17.7 Å². The van der Waals surface area contributed by atoms with Crippen molar-refractivity contribution in [2.75, 3.05) is 26.4 Å². The van der Waals surface area contributed by atoms with Gasteiger partial charge in [0, 0.05) is 52.4 Å². The summed E-state index contributed by atoms with van der Waals surface area (Å²) in [7, 11) is 1.72. The second-order valence-corrected chi connectivity index (χ2v) is 14.1. The van der Waals surface area contributed by atoms with Crippen molar-refractivity contribution in [2.24, 2.45) is 18.5 Å². The van der Waals surface area contributed by atoms with E-state index in [1.807, 2.05) is 25.1 Å². The molecule has 12 heteroatoms. The molecule has 0 bridgehead atoms. The summed E-state index contributed by atoms with van der Waals surface area (Å²) in [5, 5.41) is 2.35. The number of hydrogen-bond donors (Lipinski definition) is 3. The number of ether oxygens (including phenoxy) is 3. The maximum absolute atomic E-state index is 13.0. The molecule has 1 aliphatic rings. The lowest BCUT2D eigenvalue weighted by molar-refractivity contribution is -0.135. The second-order valence-electron chi connectivity index (χ2n) is 14.1. The molecule has 0 saturated carbocycles. The Morgan fingerprint density at radius 3 is 2.04 bits per heavy atom. The molecule has 3 aromatic rings. The van der Waals surface area contributed by atoms with Crippen LogP contribution < -0.4 is 22.5 Å². The molecule has 1 aliphatic heterocycles. The predicted molar refractivity (Wildman–Crippen MR) is 202 cm³/mol. The number of fused-ring (bicyclic) bond motifs is 1. The first-order valence-corrected chi connectivity index (χ1v) is 19.1. The Morgan fingerprint density at radius 1 is 0.827 bits per heavy atom. The summed E-state index contributed by atoms with van der Waals surface area (Å²) < 4.78 is 20.7. The van der Waals surface area contributed by atoms with E-state index in [2.05, 4.69) is 29.6 Å². The van der Waals surface area contributed by atoms with Gasteiger partial charge in [0.15, 0.2) is 0 Å². The van der Waals surface area contributed by atoms with E-state index in [1.54, 1.807) is 11.6 Å². The third-order valence-electron chi connectivity index (χ3n) is 9.87. The van der Waals surface area contributed by atoms with Crippen LogP contribution in [0.25, 0.3) is 11.0 Å². The molecular formula is C40H59N5O7. The number of primary amides is 1. The van der Waals surface area contributed by atoms with Crippen molar-refractivity contribution in [1.29, 1.82) is 0 Å². The van der Waals surface area contributed by atoms with Crippen LogP contribution in [0.15, 0.2) is 47.3 Å². The van der Waals surface area contributed by atoms with Crippen LogP contribution in [0.5, 0.6) is 0 Å². The average Bonchev–Trinajstić information content (AvgIpc) is 3.37. The summed E-state index contributed by atoms with van der Waals surface area (Å²) in [6.45, 7) is 5.47. The number of nitrogens with one attached hydrogen (secondary N) is 1. The third-order valence-corrected chi connectivity index (χ3v) is 9.87. The van der Waals surface area contributed by atoms with Gasteiger partial charge in [-0.25, -0.2) is 4.79 Å². The molecule has 0 aliphatic carbocycles. The molecule has 0 radical (unpaired) electrons. The van der Waals surface area contributed by atoms with Crippen molar-refractivity contribution in [2.45, 2.75) is 122 Å². The zero-order valence-corrected chi connectivity index (χ0v) is 31.1. The van der Waals surface area contributed by atoms with Gasteiger partial charge in [0.1, 0.15) is 6.04 Å². The fourth-order valence-electron chi connectivity index (χ4n) is 6.57. The van der Waals surface area contributed by atoms with Gasteiger partial charge in [0.05, 0.1) is 23.7 Å². The number of benzene rings is 2. The Kier molecular flexibility index (Phi) is 17.0. The fraction of sp³-hybridized carbons (Fsp3) is 0.600. The highest BCUT2D eigenvalue weighted by atomic mass is 16.5. The predicted octanol–water partition coefficient (Wildman–Crippen LogP) is 4.75. The van der Waals surface area contributed by atoms with Crippen molar-refractivity contribution >= 4 is 28.8 Å². The number of carbonyl (C=O) groups is 3. The molecule has 0 spiro atoms.